The van der Waals surface area contributed by atoms with E-state index >= 15 is 0 Å². The normalized spacial score (nSPS) is 19.9. The SMILES string of the molecule is Cc1nn(CCCC(=O)N[C@@H]2CCCC[C@@H]2C)c(=O)c2c1sc1ccccc12. The number of hydrogen-bond acceptors (Lipinski definition) is 4. The van der Waals surface area contributed by atoms with Crippen molar-refractivity contribution in [3.8, 4) is 0 Å². The summed E-state index contributed by atoms with van der Waals surface area (Å²) in [4.78, 5) is 25.3. The molecular weight excluding hydrogens is 370 g/mol. The van der Waals surface area contributed by atoms with Crippen molar-refractivity contribution < 1.29 is 4.79 Å². The Morgan fingerprint density at radius 3 is 2.89 bits per heavy atom. The first-order valence-electron chi connectivity index (χ1n) is 10.2. The van der Waals surface area contributed by atoms with Crippen LogP contribution < -0.4 is 10.9 Å². The highest BCUT2D eigenvalue weighted by Crippen LogP contribution is 2.32. The summed E-state index contributed by atoms with van der Waals surface area (Å²) >= 11 is 1.62. The lowest BCUT2D eigenvalue weighted by molar-refractivity contribution is -0.122. The molecule has 2 atom stereocenters. The number of aromatic nitrogens is 2. The van der Waals surface area contributed by atoms with Gasteiger partial charge in [-0.2, -0.15) is 5.10 Å². The second kappa shape index (κ2) is 8.03. The van der Waals surface area contributed by atoms with Gasteiger partial charge in [0, 0.05) is 29.1 Å². The van der Waals surface area contributed by atoms with Gasteiger partial charge in [0.05, 0.1) is 15.8 Å². The van der Waals surface area contributed by atoms with E-state index in [0.717, 1.165) is 32.3 Å². The van der Waals surface area contributed by atoms with Gasteiger partial charge < -0.3 is 5.32 Å². The van der Waals surface area contributed by atoms with Gasteiger partial charge in [0.15, 0.2) is 0 Å². The summed E-state index contributed by atoms with van der Waals surface area (Å²) in [5, 5.41) is 9.44. The lowest BCUT2D eigenvalue weighted by Gasteiger charge is -2.29. The number of rotatable bonds is 5. The van der Waals surface area contributed by atoms with Crippen LogP contribution in [0.5, 0.6) is 0 Å². The van der Waals surface area contributed by atoms with Gasteiger partial charge in [-0.15, -0.1) is 11.3 Å². The van der Waals surface area contributed by atoms with E-state index in [1.165, 1.54) is 23.9 Å². The first-order chi connectivity index (χ1) is 13.5. The number of nitrogens with zero attached hydrogens (tertiary/aromatic N) is 2. The van der Waals surface area contributed by atoms with Crippen LogP contribution in [0.2, 0.25) is 0 Å². The van der Waals surface area contributed by atoms with Crippen LogP contribution >= 0.6 is 11.3 Å². The number of amides is 1. The molecule has 1 amide bonds. The summed E-state index contributed by atoms with van der Waals surface area (Å²) in [6.45, 7) is 4.63. The highest BCUT2D eigenvalue weighted by molar-refractivity contribution is 7.26. The minimum atomic E-state index is -0.0561. The van der Waals surface area contributed by atoms with E-state index in [-0.39, 0.29) is 11.5 Å². The largest absolute Gasteiger partial charge is 0.353 e. The highest BCUT2D eigenvalue weighted by Gasteiger charge is 2.22. The lowest BCUT2D eigenvalue weighted by Crippen LogP contribution is -2.41. The molecule has 1 aliphatic carbocycles. The van der Waals surface area contributed by atoms with Gasteiger partial charge in [-0.3, -0.25) is 9.59 Å². The maximum absolute atomic E-state index is 13.0. The van der Waals surface area contributed by atoms with Gasteiger partial charge >= 0.3 is 0 Å². The molecule has 5 nitrogen and oxygen atoms in total. The molecular formula is C22H27N3O2S. The zero-order chi connectivity index (χ0) is 19.7. The number of aryl methyl sites for hydroxylation is 2. The van der Waals surface area contributed by atoms with E-state index < -0.39 is 0 Å². The molecule has 28 heavy (non-hydrogen) atoms. The summed E-state index contributed by atoms with van der Waals surface area (Å²) < 4.78 is 3.61. The van der Waals surface area contributed by atoms with E-state index in [9.17, 15) is 9.59 Å². The number of fused-ring (bicyclic) bond motifs is 3. The van der Waals surface area contributed by atoms with Crippen LogP contribution in [0.15, 0.2) is 29.1 Å². The quantitative estimate of drug-likeness (QED) is 0.694. The summed E-state index contributed by atoms with van der Waals surface area (Å²) in [5.41, 5.74) is 0.815. The summed E-state index contributed by atoms with van der Waals surface area (Å²) in [5.74, 6) is 0.643. The first kappa shape index (κ1) is 19.1. The summed E-state index contributed by atoms with van der Waals surface area (Å²) in [6.07, 6.45) is 5.78. The van der Waals surface area contributed by atoms with Crippen molar-refractivity contribution in [1.82, 2.24) is 15.1 Å². The van der Waals surface area contributed by atoms with Crippen LogP contribution in [0.25, 0.3) is 20.2 Å². The highest BCUT2D eigenvalue weighted by atomic mass is 32.1. The summed E-state index contributed by atoms with van der Waals surface area (Å²) in [7, 11) is 0. The third kappa shape index (κ3) is 3.70. The van der Waals surface area contributed by atoms with Crippen LogP contribution in [-0.2, 0) is 11.3 Å². The molecule has 1 N–H and O–H groups in total. The molecule has 0 radical (unpaired) electrons. The number of benzene rings is 1. The van der Waals surface area contributed by atoms with Crippen molar-refractivity contribution in [2.75, 3.05) is 0 Å². The number of nitrogens with one attached hydrogen (secondary N) is 1. The number of carbonyl (C=O) groups excluding carboxylic acids is 1. The molecule has 148 valence electrons. The van der Waals surface area contributed by atoms with Crippen LogP contribution in [0.3, 0.4) is 0 Å². The van der Waals surface area contributed by atoms with Crippen molar-refractivity contribution in [2.24, 2.45) is 5.92 Å². The molecule has 0 unspecified atom stereocenters. The van der Waals surface area contributed by atoms with E-state index in [1.807, 2.05) is 31.2 Å². The van der Waals surface area contributed by atoms with Crippen LogP contribution in [-0.4, -0.2) is 21.7 Å². The fraction of sp³-hybridized carbons (Fsp3) is 0.500. The van der Waals surface area contributed by atoms with Crippen LogP contribution in [0.1, 0.15) is 51.1 Å². The molecule has 0 aliphatic heterocycles. The third-order valence-corrected chi connectivity index (χ3v) is 7.15. The Balaban J connectivity index is 1.46. The van der Waals surface area contributed by atoms with Gasteiger partial charge in [-0.05, 0) is 38.2 Å². The molecule has 6 heteroatoms. The number of carbonyl (C=O) groups is 1. The van der Waals surface area contributed by atoms with Crippen LogP contribution in [0, 0.1) is 12.8 Å². The van der Waals surface area contributed by atoms with Crippen molar-refractivity contribution in [3.05, 3.63) is 40.3 Å². The second-order valence-corrected chi connectivity index (χ2v) is 9.01. The van der Waals surface area contributed by atoms with Crippen molar-refractivity contribution in [2.45, 2.75) is 65.0 Å². The Labute approximate surface area is 168 Å². The minimum Gasteiger partial charge on any atom is -0.353 e. The molecule has 1 fully saturated rings. The van der Waals surface area contributed by atoms with Gasteiger partial charge in [-0.1, -0.05) is 38.0 Å². The second-order valence-electron chi connectivity index (χ2n) is 7.96. The van der Waals surface area contributed by atoms with E-state index in [2.05, 4.69) is 17.3 Å². The predicted molar refractivity (Wildman–Crippen MR) is 115 cm³/mol. The Kier molecular flexibility index (Phi) is 5.49. The molecule has 1 aromatic carbocycles. The number of hydrogen-bond donors (Lipinski definition) is 1. The molecule has 0 bridgehead atoms. The third-order valence-electron chi connectivity index (χ3n) is 5.87. The van der Waals surface area contributed by atoms with Gasteiger partial charge in [0.1, 0.15) is 0 Å². The Morgan fingerprint density at radius 2 is 2.07 bits per heavy atom. The van der Waals surface area contributed by atoms with E-state index in [4.69, 9.17) is 0 Å². The molecule has 1 saturated carbocycles. The maximum atomic E-state index is 13.0. The summed E-state index contributed by atoms with van der Waals surface area (Å²) in [6, 6.07) is 8.30. The molecule has 1 aliphatic rings. The number of thiophene rings is 1. The van der Waals surface area contributed by atoms with Gasteiger partial charge in [0.25, 0.3) is 5.56 Å². The monoisotopic (exact) mass is 397 g/mol. The van der Waals surface area contributed by atoms with Gasteiger partial charge in [-0.25, -0.2) is 4.68 Å². The molecule has 4 rings (SSSR count). The molecule has 3 aromatic rings. The van der Waals surface area contributed by atoms with Crippen molar-refractivity contribution in [1.29, 1.82) is 0 Å². The minimum absolute atomic E-state index is 0.0561. The zero-order valence-electron chi connectivity index (χ0n) is 16.5. The fourth-order valence-corrected chi connectivity index (χ4v) is 5.40. The maximum Gasteiger partial charge on any atom is 0.276 e. The van der Waals surface area contributed by atoms with Gasteiger partial charge in [0.2, 0.25) is 5.91 Å². The Bertz CT molecular complexity index is 1070. The molecule has 2 heterocycles. The molecule has 2 aromatic heterocycles. The standard InChI is InChI=1S/C22H27N3O2S/c1-14-8-3-5-10-17(14)23-19(26)12-7-13-25-22(27)20-16-9-4-6-11-18(16)28-21(20)15(2)24-25/h4,6,9,11,14,17H,3,5,7-8,10,12-13H2,1-2H3,(H,23,26)/t14-,17+/m0/s1. The Morgan fingerprint density at radius 1 is 1.29 bits per heavy atom. The fourth-order valence-electron chi connectivity index (χ4n) is 4.26. The molecule has 0 spiro atoms. The first-order valence-corrected chi connectivity index (χ1v) is 11.0. The Hall–Kier alpha value is -2.21. The predicted octanol–water partition coefficient (Wildman–Crippen LogP) is 4.39. The van der Waals surface area contributed by atoms with Crippen molar-refractivity contribution in [3.63, 3.8) is 0 Å². The zero-order valence-corrected chi connectivity index (χ0v) is 17.3. The topological polar surface area (TPSA) is 64.0 Å². The van der Waals surface area contributed by atoms with E-state index in [0.29, 0.717) is 31.3 Å². The lowest BCUT2D eigenvalue weighted by atomic mass is 9.86. The van der Waals surface area contributed by atoms with Crippen molar-refractivity contribution >= 4 is 37.4 Å². The molecule has 0 saturated heterocycles. The van der Waals surface area contributed by atoms with E-state index in [1.54, 1.807) is 11.3 Å². The van der Waals surface area contributed by atoms with Crippen LogP contribution in [0.4, 0.5) is 0 Å². The average molecular weight is 398 g/mol. The smallest absolute Gasteiger partial charge is 0.276 e. The average Bonchev–Trinajstić information content (AvgIpc) is 3.08.